The number of carbonyl (C=O) groups is 9. The lowest BCUT2D eigenvalue weighted by molar-refractivity contribution is -0.141. The van der Waals surface area contributed by atoms with E-state index in [4.69, 9.17) is 52.6 Å². The molecule has 7 N–H and O–H groups in total. The van der Waals surface area contributed by atoms with Gasteiger partial charge in [-0.15, -0.1) is 11.6 Å². The van der Waals surface area contributed by atoms with Crippen molar-refractivity contribution >= 4 is 76.9 Å². The number of alkyl carbamates (subject to hydrolysis) is 1. The van der Waals surface area contributed by atoms with Gasteiger partial charge in [-0.05, 0) is 159 Å². The summed E-state index contributed by atoms with van der Waals surface area (Å²) in [5, 5.41) is 13.7. The van der Waals surface area contributed by atoms with Gasteiger partial charge in [0.15, 0.2) is 5.78 Å². The van der Waals surface area contributed by atoms with E-state index in [2.05, 4.69) is 26.6 Å². The van der Waals surface area contributed by atoms with Crippen molar-refractivity contribution in [3.8, 4) is 33.8 Å². The molecule has 0 unspecified atom stereocenters. The average molecular weight is 1160 g/mol. The van der Waals surface area contributed by atoms with Crippen LogP contribution >= 0.6 is 23.2 Å². The molecule has 5 atom stereocenters. The lowest BCUT2D eigenvalue weighted by atomic mass is 9.93. The van der Waals surface area contributed by atoms with E-state index in [-0.39, 0.29) is 59.6 Å². The summed E-state index contributed by atoms with van der Waals surface area (Å²) in [5.74, 6) is -5.75. The van der Waals surface area contributed by atoms with Gasteiger partial charge in [-0.3, -0.25) is 28.8 Å². The topological polar surface area (TPSA) is 289 Å². The van der Waals surface area contributed by atoms with Crippen molar-refractivity contribution in [3.63, 3.8) is 0 Å². The third kappa shape index (κ3) is 19.5. The largest absolute Gasteiger partial charge is 0.514 e. The van der Waals surface area contributed by atoms with E-state index >= 15 is 9.59 Å². The fourth-order valence-electron chi connectivity index (χ4n) is 8.12. The number of likely N-dealkylation sites (N-methyl/N-ethyl adjacent to an activating group) is 1. The van der Waals surface area contributed by atoms with Gasteiger partial charge in [0, 0.05) is 41.7 Å². The Balaban J connectivity index is 1.67. The summed E-state index contributed by atoms with van der Waals surface area (Å²) >= 11 is 11.8. The average Bonchev–Trinajstić information content (AvgIpc) is 3.47. The number of nitrogens with one attached hydrogen (secondary N) is 5. The number of carbonyl (C=O) groups excluding carboxylic acids is 9. The monoisotopic (exact) mass is 1160 g/mol. The number of ketones is 1. The maximum absolute atomic E-state index is 15.2. The zero-order valence-electron chi connectivity index (χ0n) is 47.2. The Morgan fingerprint density at radius 2 is 1.25 bits per heavy atom. The predicted molar refractivity (Wildman–Crippen MR) is 302 cm³/mol. The highest BCUT2D eigenvalue weighted by Crippen LogP contribution is 2.41. The number of benzene rings is 4. The molecule has 1 heterocycles. The number of unbranched alkanes of at least 4 members (excludes halogenated alkanes) is 1. The zero-order chi connectivity index (χ0) is 60.1. The minimum Gasteiger partial charge on any atom is -0.444 e. The number of rotatable bonds is 16. The van der Waals surface area contributed by atoms with E-state index in [1.807, 2.05) is 12.1 Å². The first-order chi connectivity index (χ1) is 37.8. The molecule has 5 rings (SSSR count). The van der Waals surface area contributed by atoms with E-state index in [9.17, 15) is 33.6 Å². The summed E-state index contributed by atoms with van der Waals surface area (Å²) in [6, 6.07) is 16.4. The molecular formula is C58H71Cl2N7O14. The zero-order valence-corrected chi connectivity index (χ0v) is 48.7. The fraction of sp³-hybridized carbons (Fsp3) is 0.431. The maximum atomic E-state index is 15.2. The molecule has 0 fully saturated rings. The highest BCUT2D eigenvalue weighted by Gasteiger charge is 2.37. The molecule has 0 spiro atoms. The van der Waals surface area contributed by atoms with Crippen molar-refractivity contribution in [2.75, 3.05) is 19.5 Å². The van der Waals surface area contributed by atoms with Gasteiger partial charge in [-0.1, -0.05) is 48.0 Å². The first kappa shape index (κ1) is 64.1. The molecule has 23 heteroatoms. The molecular weight excluding hydrogens is 1090 g/mol. The van der Waals surface area contributed by atoms with E-state index in [0.29, 0.717) is 17.0 Å². The van der Waals surface area contributed by atoms with Gasteiger partial charge < -0.3 is 60.9 Å². The van der Waals surface area contributed by atoms with E-state index in [1.165, 1.54) is 50.4 Å². The van der Waals surface area contributed by atoms with Crippen LogP contribution in [0.1, 0.15) is 116 Å². The van der Waals surface area contributed by atoms with Crippen LogP contribution in [0.3, 0.4) is 0 Å². The molecule has 6 amide bonds. The van der Waals surface area contributed by atoms with Gasteiger partial charge in [-0.2, -0.15) is 0 Å². The lowest BCUT2D eigenvalue weighted by Gasteiger charge is -2.33. The normalized spacial score (nSPS) is 16.3. The predicted octanol–water partition coefficient (Wildman–Crippen LogP) is 8.05. The Morgan fingerprint density at radius 3 is 1.80 bits per heavy atom. The van der Waals surface area contributed by atoms with E-state index < -0.39 is 107 Å². The minimum absolute atomic E-state index is 0.00338. The van der Waals surface area contributed by atoms with Gasteiger partial charge in [0.2, 0.25) is 23.6 Å². The van der Waals surface area contributed by atoms with Crippen molar-refractivity contribution in [2.45, 2.75) is 142 Å². The van der Waals surface area contributed by atoms with Crippen LogP contribution in [0, 0.1) is 0 Å². The molecule has 81 heavy (non-hydrogen) atoms. The molecule has 21 nitrogen and oxygen atoms in total. The lowest BCUT2D eigenvalue weighted by Crippen LogP contribution is -2.58. The van der Waals surface area contributed by atoms with E-state index in [1.54, 1.807) is 98.7 Å². The number of hydrogen-bond acceptors (Lipinski definition) is 15. The maximum Gasteiger partial charge on any atom is 0.514 e. The Hall–Kier alpha value is -7.75. The summed E-state index contributed by atoms with van der Waals surface area (Å²) in [4.78, 5) is 125. The number of hydrogen-bond donors (Lipinski definition) is 6. The molecule has 0 saturated heterocycles. The van der Waals surface area contributed by atoms with E-state index in [0.717, 1.165) is 16.0 Å². The van der Waals surface area contributed by atoms with Crippen LogP contribution in [-0.4, -0.2) is 119 Å². The second kappa shape index (κ2) is 27.6. The smallest absolute Gasteiger partial charge is 0.444 e. The van der Waals surface area contributed by atoms with Gasteiger partial charge >= 0.3 is 18.4 Å². The highest BCUT2D eigenvalue weighted by atomic mass is 35.5. The number of amides is 6. The molecule has 436 valence electrons. The quantitative estimate of drug-likeness (QED) is 0.0154. The van der Waals surface area contributed by atoms with Gasteiger partial charge in [0.1, 0.15) is 58.6 Å². The number of nitrogens with zero attached hydrogens (tertiary/aromatic N) is 1. The van der Waals surface area contributed by atoms with Crippen LogP contribution in [0.4, 0.5) is 14.4 Å². The number of ether oxygens (including phenoxy) is 5. The molecule has 4 bridgehead atoms. The summed E-state index contributed by atoms with van der Waals surface area (Å²) in [6.07, 6.45) is -4.19. The molecule has 0 radical (unpaired) electrons. The summed E-state index contributed by atoms with van der Waals surface area (Å²) in [5.41, 5.74) is 5.35. The summed E-state index contributed by atoms with van der Waals surface area (Å²) < 4.78 is 28.0. The molecule has 0 saturated carbocycles. The molecule has 0 aromatic heterocycles. The van der Waals surface area contributed by atoms with Crippen LogP contribution < -0.4 is 41.8 Å². The van der Waals surface area contributed by atoms with Crippen molar-refractivity contribution < 1.29 is 66.8 Å². The first-order valence-corrected chi connectivity index (χ1v) is 27.0. The van der Waals surface area contributed by atoms with Crippen LogP contribution in [0.25, 0.3) is 22.3 Å². The Morgan fingerprint density at radius 1 is 0.704 bits per heavy atom. The first-order valence-electron chi connectivity index (χ1n) is 26.1. The highest BCUT2D eigenvalue weighted by molar-refractivity contribution is 6.30. The molecule has 0 aliphatic carbocycles. The molecule has 4 aromatic rings. The SMILES string of the molecule is C[C@@H]1NC(=O)[C@@H](N(C)C(=O)[C@H](CCCCNC(=O)OC(C)(C)C)NC(=O)c2ccc(-c3ccc(Cl)cc3)cc2)c2ccc(OC(=O)OC(C)(C)C)c(c2)-c2cc(ccc2OC(=O)OC(C)(C)C)C[C@@H](C(=O)N[C@@H](N)C(=O)CCl)NC1=O. The molecule has 4 aromatic carbocycles. The van der Waals surface area contributed by atoms with Crippen molar-refractivity contribution in [3.05, 3.63) is 107 Å². The second-order valence-corrected chi connectivity index (χ2v) is 22.9. The number of nitrogens with two attached hydrogens (primary N) is 1. The van der Waals surface area contributed by atoms with Crippen molar-refractivity contribution in [1.29, 1.82) is 0 Å². The van der Waals surface area contributed by atoms with Gasteiger partial charge in [0.25, 0.3) is 5.91 Å². The van der Waals surface area contributed by atoms with Crippen LogP contribution in [-0.2, 0) is 44.6 Å². The van der Waals surface area contributed by atoms with Crippen LogP contribution in [0.2, 0.25) is 5.02 Å². The number of fused-ring (bicyclic) bond motifs is 5. The third-order valence-electron chi connectivity index (χ3n) is 11.9. The Bertz CT molecular complexity index is 2970. The third-order valence-corrected chi connectivity index (χ3v) is 12.4. The summed E-state index contributed by atoms with van der Waals surface area (Å²) in [6.45, 7) is 16.4. The number of halogens is 2. The minimum atomic E-state index is -1.66. The fourth-order valence-corrected chi connectivity index (χ4v) is 8.41. The molecule has 1 aliphatic rings. The van der Waals surface area contributed by atoms with Crippen molar-refractivity contribution in [2.24, 2.45) is 5.73 Å². The van der Waals surface area contributed by atoms with Crippen molar-refractivity contribution in [1.82, 2.24) is 31.5 Å². The van der Waals surface area contributed by atoms with Crippen LogP contribution in [0.5, 0.6) is 11.5 Å². The number of Topliss-reactive ketones (excluding diaryl/α,β-unsaturated/α-hetero) is 1. The van der Waals surface area contributed by atoms with Crippen LogP contribution in [0.15, 0.2) is 84.9 Å². The Kier molecular flexibility index (Phi) is 21.8. The number of alkyl halides is 1. The second-order valence-electron chi connectivity index (χ2n) is 22.2. The Labute approximate surface area is 480 Å². The van der Waals surface area contributed by atoms with Gasteiger partial charge in [-0.25, -0.2) is 14.4 Å². The van der Waals surface area contributed by atoms with Gasteiger partial charge in [0.05, 0.1) is 5.88 Å². The molecule has 1 aliphatic heterocycles. The summed E-state index contributed by atoms with van der Waals surface area (Å²) in [7, 11) is 1.32. The standard InChI is InChI=1S/C58H71Cl2N7O14/c1-32-48(69)65-42(50(71)66-47(61)43(68)31-59)29-33-15-25-44(77-54(75)80-57(5,6)7)39(28-33)40-30-37(22-26-45(40)78-55(76)81-58(8,9)10)46(51(72)63-32)67(11)52(73)41(14-12-13-27-62-53(74)79-56(2,3)4)64-49(70)36-18-16-34(17-19-36)35-20-23-38(60)24-21-35/h15-26,28,30,32,41-42,46-47H,12-14,27,29,31,61H2,1-11H3,(H,62,74)(H,63,72)(H,64,70)(H,65,69)(H,66,71)/t32-,41-,42-,46-,47+/m0/s1.